The Balaban J connectivity index is 2.09. The Bertz CT molecular complexity index is 365. The van der Waals surface area contributed by atoms with Gasteiger partial charge in [-0.3, -0.25) is 0 Å². The summed E-state index contributed by atoms with van der Waals surface area (Å²) in [6.45, 7) is 4.26. The van der Waals surface area contributed by atoms with Crippen LogP contribution in [0.1, 0.15) is 31.7 Å². The van der Waals surface area contributed by atoms with Crippen molar-refractivity contribution in [2.24, 2.45) is 11.8 Å². The van der Waals surface area contributed by atoms with Crippen LogP contribution in [-0.2, 0) is 0 Å². The number of nitrogen functional groups attached to an aromatic ring is 1. The van der Waals surface area contributed by atoms with Crippen molar-refractivity contribution in [1.82, 2.24) is 9.97 Å². The molecule has 2 rings (SSSR count). The van der Waals surface area contributed by atoms with Crippen molar-refractivity contribution < 1.29 is 0 Å². The molecule has 0 radical (unpaired) electrons. The van der Waals surface area contributed by atoms with E-state index in [2.05, 4.69) is 27.6 Å². The molecule has 4 N–H and O–H groups in total. The SMILES string of the molecule is Cc1c(NN)ncnc1NC1CCC(C)C1. The Morgan fingerprint density at radius 3 is 2.69 bits per heavy atom. The van der Waals surface area contributed by atoms with Crippen molar-refractivity contribution in [3.63, 3.8) is 0 Å². The van der Waals surface area contributed by atoms with Crippen LogP contribution in [0, 0.1) is 12.8 Å². The van der Waals surface area contributed by atoms with Crippen molar-refractivity contribution in [1.29, 1.82) is 0 Å². The summed E-state index contributed by atoms with van der Waals surface area (Å²) >= 11 is 0. The number of hydrazine groups is 1. The van der Waals surface area contributed by atoms with E-state index in [9.17, 15) is 0 Å². The highest BCUT2D eigenvalue weighted by Gasteiger charge is 2.22. The van der Waals surface area contributed by atoms with E-state index in [1.54, 1.807) is 0 Å². The van der Waals surface area contributed by atoms with Gasteiger partial charge in [-0.2, -0.15) is 0 Å². The van der Waals surface area contributed by atoms with Crippen LogP contribution in [0.4, 0.5) is 11.6 Å². The molecular weight excluding hydrogens is 202 g/mol. The van der Waals surface area contributed by atoms with E-state index in [0.717, 1.165) is 17.3 Å². The van der Waals surface area contributed by atoms with Gasteiger partial charge in [0.15, 0.2) is 0 Å². The molecule has 1 aromatic rings. The molecule has 0 saturated heterocycles. The van der Waals surface area contributed by atoms with Gasteiger partial charge in [-0.25, -0.2) is 15.8 Å². The maximum absolute atomic E-state index is 5.38. The van der Waals surface area contributed by atoms with Gasteiger partial charge >= 0.3 is 0 Å². The Hall–Kier alpha value is -1.36. The van der Waals surface area contributed by atoms with Crippen LogP contribution < -0.4 is 16.6 Å². The fraction of sp³-hybridized carbons (Fsp3) is 0.636. The number of anilines is 2. The van der Waals surface area contributed by atoms with Gasteiger partial charge in [0.1, 0.15) is 18.0 Å². The van der Waals surface area contributed by atoms with Crippen LogP contribution in [0.2, 0.25) is 0 Å². The van der Waals surface area contributed by atoms with E-state index in [1.165, 1.54) is 25.6 Å². The zero-order valence-electron chi connectivity index (χ0n) is 9.83. The number of hydrogen-bond acceptors (Lipinski definition) is 5. The second kappa shape index (κ2) is 4.65. The van der Waals surface area contributed by atoms with Crippen molar-refractivity contribution >= 4 is 11.6 Å². The molecule has 5 nitrogen and oxygen atoms in total. The van der Waals surface area contributed by atoms with Crippen LogP contribution >= 0.6 is 0 Å². The Morgan fingerprint density at radius 1 is 1.31 bits per heavy atom. The summed E-state index contributed by atoms with van der Waals surface area (Å²) in [6.07, 6.45) is 5.26. The molecule has 1 fully saturated rings. The normalized spacial score (nSPS) is 24.4. The lowest BCUT2D eigenvalue weighted by Gasteiger charge is -2.16. The molecule has 2 atom stereocenters. The number of hydrogen-bond donors (Lipinski definition) is 3. The molecule has 2 unspecified atom stereocenters. The maximum Gasteiger partial charge on any atom is 0.148 e. The third-order valence-electron chi connectivity index (χ3n) is 3.26. The minimum Gasteiger partial charge on any atom is -0.367 e. The zero-order valence-corrected chi connectivity index (χ0v) is 9.83. The Labute approximate surface area is 95.8 Å². The lowest BCUT2D eigenvalue weighted by molar-refractivity contribution is 0.602. The van der Waals surface area contributed by atoms with E-state index in [4.69, 9.17) is 5.84 Å². The van der Waals surface area contributed by atoms with E-state index < -0.39 is 0 Å². The quantitative estimate of drug-likeness (QED) is 0.534. The first-order chi connectivity index (χ1) is 7.70. The maximum atomic E-state index is 5.38. The number of aromatic nitrogens is 2. The van der Waals surface area contributed by atoms with Gasteiger partial charge < -0.3 is 10.7 Å². The van der Waals surface area contributed by atoms with E-state index >= 15 is 0 Å². The van der Waals surface area contributed by atoms with E-state index in [-0.39, 0.29) is 0 Å². The molecule has 0 spiro atoms. The van der Waals surface area contributed by atoms with Gasteiger partial charge in [0.2, 0.25) is 0 Å². The summed E-state index contributed by atoms with van der Waals surface area (Å²) in [7, 11) is 0. The highest BCUT2D eigenvalue weighted by atomic mass is 15.3. The molecule has 1 aliphatic carbocycles. The summed E-state index contributed by atoms with van der Waals surface area (Å²) < 4.78 is 0. The third-order valence-corrected chi connectivity index (χ3v) is 3.26. The topological polar surface area (TPSA) is 75.9 Å². The molecular formula is C11H19N5. The van der Waals surface area contributed by atoms with Crippen LogP contribution in [0.15, 0.2) is 6.33 Å². The molecule has 0 amide bonds. The molecule has 5 heteroatoms. The van der Waals surface area contributed by atoms with Crippen molar-refractivity contribution in [2.45, 2.75) is 39.2 Å². The molecule has 0 aliphatic heterocycles. The standard InChI is InChI=1S/C11H19N5/c1-7-3-4-9(5-7)15-10-8(2)11(16-12)14-6-13-10/h6-7,9H,3-5,12H2,1-2H3,(H2,13,14,15,16). The largest absolute Gasteiger partial charge is 0.367 e. The molecule has 1 aliphatic rings. The molecule has 0 aromatic carbocycles. The number of rotatable bonds is 3. The van der Waals surface area contributed by atoms with Crippen LogP contribution in [0.5, 0.6) is 0 Å². The van der Waals surface area contributed by atoms with Gasteiger partial charge in [0.05, 0.1) is 0 Å². The number of nitrogens with one attached hydrogen (secondary N) is 2. The second-order valence-corrected chi connectivity index (χ2v) is 4.60. The fourth-order valence-corrected chi connectivity index (χ4v) is 2.27. The average Bonchev–Trinajstić information content (AvgIpc) is 2.67. The van der Waals surface area contributed by atoms with E-state index in [1.807, 2.05) is 6.92 Å². The molecule has 16 heavy (non-hydrogen) atoms. The van der Waals surface area contributed by atoms with Crippen LogP contribution in [0.25, 0.3) is 0 Å². The summed E-state index contributed by atoms with van der Waals surface area (Å²) in [5.74, 6) is 7.77. The van der Waals surface area contributed by atoms with Crippen molar-refractivity contribution in [2.75, 3.05) is 10.7 Å². The van der Waals surface area contributed by atoms with Crippen molar-refractivity contribution in [3.8, 4) is 0 Å². The average molecular weight is 221 g/mol. The minimum absolute atomic E-state index is 0.536. The third kappa shape index (κ3) is 2.24. The van der Waals surface area contributed by atoms with Crippen LogP contribution in [0.3, 0.4) is 0 Å². The van der Waals surface area contributed by atoms with Gasteiger partial charge in [-0.05, 0) is 32.1 Å². The van der Waals surface area contributed by atoms with Crippen LogP contribution in [-0.4, -0.2) is 16.0 Å². The molecule has 1 saturated carbocycles. The zero-order chi connectivity index (χ0) is 11.5. The lowest BCUT2D eigenvalue weighted by atomic mass is 10.1. The Kier molecular flexibility index (Phi) is 3.24. The van der Waals surface area contributed by atoms with Gasteiger partial charge in [0.25, 0.3) is 0 Å². The number of nitrogens with two attached hydrogens (primary N) is 1. The molecule has 0 bridgehead atoms. The Morgan fingerprint density at radius 2 is 2.06 bits per heavy atom. The van der Waals surface area contributed by atoms with E-state index in [0.29, 0.717) is 11.9 Å². The minimum atomic E-state index is 0.536. The summed E-state index contributed by atoms with van der Waals surface area (Å²) in [6, 6.07) is 0.536. The first-order valence-electron chi connectivity index (χ1n) is 5.75. The predicted molar refractivity (Wildman–Crippen MR) is 65.0 cm³/mol. The second-order valence-electron chi connectivity index (χ2n) is 4.60. The first-order valence-corrected chi connectivity index (χ1v) is 5.75. The first kappa shape index (κ1) is 11.1. The van der Waals surface area contributed by atoms with Gasteiger partial charge in [0, 0.05) is 11.6 Å². The summed E-state index contributed by atoms with van der Waals surface area (Å²) in [5.41, 5.74) is 3.55. The molecule has 88 valence electrons. The lowest BCUT2D eigenvalue weighted by Crippen LogP contribution is -2.19. The summed E-state index contributed by atoms with van der Waals surface area (Å²) in [4.78, 5) is 8.32. The fourth-order valence-electron chi connectivity index (χ4n) is 2.27. The number of nitrogens with zero attached hydrogens (tertiary/aromatic N) is 2. The van der Waals surface area contributed by atoms with Gasteiger partial charge in [-0.1, -0.05) is 6.92 Å². The summed E-state index contributed by atoms with van der Waals surface area (Å²) in [5, 5.41) is 3.47. The highest BCUT2D eigenvalue weighted by Crippen LogP contribution is 2.28. The molecule has 1 aromatic heterocycles. The molecule has 1 heterocycles. The van der Waals surface area contributed by atoms with Crippen molar-refractivity contribution in [3.05, 3.63) is 11.9 Å². The smallest absolute Gasteiger partial charge is 0.148 e. The predicted octanol–water partition coefficient (Wildman–Crippen LogP) is 1.67. The van der Waals surface area contributed by atoms with Gasteiger partial charge in [-0.15, -0.1) is 0 Å². The monoisotopic (exact) mass is 221 g/mol. The highest BCUT2D eigenvalue weighted by molar-refractivity contribution is 5.56.